The Morgan fingerprint density at radius 1 is 1.05 bits per heavy atom. The van der Waals surface area contributed by atoms with Gasteiger partial charge >= 0.3 is 0 Å². The summed E-state index contributed by atoms with van der Waals surface area (Å²) in [7, 11) is 0. The van der Waals surface area contributed by atoms with Crippen molar-refractivity contribution in [3.05, 3.63) is 70.8 Å². The fraction of sp³-hybridized carbons (Fsp3) is 0.294. The second kappa shape index (κ2) is 5.92. The maximum absolute atomic E-state index is 13.8. The van der Waals surface area contributed by atoms with Crippen LogP contribution in [0.1, 0.15) is 22.7 Å². The van der Waals surface area contributed by atoms with Gasteiger partial charge in [0.2, 0.25) is 0 Å². The molecule has 0 saturated carbocycles. The molecule has 0 bridgehead atoms. The van der Waals surface area contributed by atoms with E-state index < -0.39 is 11.6 Å². The second-order valence-electron chi connectivity index (χ2n) is 5.37. The Morgan fingerprint density at radius 3 is 2.48 bits per heavy atom. The molecule has 0 amide bonds. The summed E-state index contributed by atoms with van der Waals surface area (Å²) in [5, 5.41) is 0. The summed E-state index contributed by atoms with van der Waals surface area (Å²) in [6, 6.07) is 12.1. The van der Waals surface area contributed by atoms with E-state index >= 15 is 0 Å². The molecule has 21 heavy (non-hydrogen) atoms. The highest BCUT2D eigenvalue weighted by atomic mass is 19.1. The van der Waals surface area contributed by atoms with Crippen molar-refractivity contribution in [3.63, 3.8) is 0 Å². The Morgan fingerprint density at radius 2 is 1.76 bits per heavy atom. The summed E-state index contributed by atoms with van der Waals surface area (Å²) in [6.45, 7) is 1.44. The van der Waals surface area contributed by atoms with E-state index in [1.54, 1.807) is 0 Å². The van der Waals surface area contributed by atoms with Crippen LogP contribution in [0.25, 0.3) is 0 Å². The van der Waals surface area contributed by atoms with Crippen LogP contribution in [0.2, 0.25) is 0 Å². The second-order valence-corrected chi connectivity index (χ2v) is 5.37. The van der Waals surface area contributed by atoms with E-state index in [2.05, 4.69) is 17.0 Å². The van der Waals surface area contributed by atoms with Crippen LogP contribution in [-0.4, -0.2) is 18.0 Å². The topological polar surface area (TPSA) is 29.3 Å². The third-order valence-electron chi connectivity index (χ3n) is 4.17. The number of halogens is 2. The normalized spacial score (nSPS) is 18.5. The lowest BCUT2D eigenvalue weighted by molar-refractivity contribution is 0.176. The highest BCUT2D eigenvalue weighted by Crippen LogP contribution is 2.30. The SMILES string of the molecule is NCC1c2ccccc2CCN1Cc1c(F)cccc1F. The van der Waals surface area contributed by atoms with E-state index in [9.17, 15) is 8.78 Å². The van der Waals surface area contributed by atoms with Gasteiger partial charge in [0, 0.05) is 31.2 Å². The Balaban J connectivity index is 1.90. The zero-order valence-corrected chi connectivity index (χ0v) is 11.7. The highest BCUT2D eigenvalue weighted by Gasteiger charge is 2.27. The first-order chi connectivity index (χ1) is 10.2. The molecule has 2 aromatic carbocycles. The van der Waals surface area contributed by atoms with E-state index in [1.165, 1.54) is 29.3 Å². The Hall–Kier alpha value is -1.78. The zero-order valence-electron chi connectivity index (χ0n) is 11.7. The van der Waals surface area contributed by atoms with Crippen LogP contribution < -0.4 is 5.73 Å². The van der Waals surface area contributed by atoms with Crippen molar-refractivity contribution in [2.45, 2.75) is 19.0 Å². The van der Waals surface area contributed by atoms with Gasteiger partial charge < -0.3 is 5.73 Å². The standard InChI is InChI=1S/C17H18F2N2/c18-15-6-3-7-16(19)14(15)11-21-9-8-12-4-1-2-5-13(12)17(21)10-20/h1-7,17H,8-11,20H2. The fourth-order valence-electron chi connectivity index (χ4n) is 3.06. The van der Waals surface area contributed by atoms with E-state index in [0.29, 0.717) is 6.54 Å². The Kier molecular flexibility index (Phi) is 3.99. The van der Waals surface area contributed by atoms with Gasteiger partial charge in [0.15, 0.2) is 0 Å². The summed E-state index contributed by atoms with van der Waals surface area (Å²) >= 11 is 0. The molecule has 1 unspecified atom stereocenters. The Bertz CT molecular complexity index is 622. The molecular formula is C17H18F2N2. The number of benzene rings is 2. The summed E-state index contributed by atoms with van der Waals surface area (Å²) in [4.78, 5) is 2.06. The summed E-state index contributed by atoms with van der Waals surface area (Å²) in [5.74, 6) is -0.991. The van der Waals surface area contributed by atoms with Gasteiger partial charge in [0.05, 0.1) is 0 Å². The van der Waals surface area contributed by atoms with Crippen LogP contribution in [0.3, 0.4) is 0 Å². The molecule has 0 aliphatic carbocycles. The molecule has 2 nitrogen and oxygen atoms in total. The smallest absolute Gasteiger partial charge is 0.130 e. The first-order valence-corrected chi connectivity index (χ1v) is 7.15. The van der Waals surface area contributed by atoms with Gasteiger partial charge in [-0.1, -0.05) is 30.3 Å². The van der Waals surface area contributed by atoms with Gasteiger partial charge in [-0.15, -0.1) is 0 Å². The molecular weight excluding hydrogens is 270 g/mol. The lowest BCUT2D eigenvalue weighted by Gasteiger charge is -2.36. The molecule has 0 saturated heterocycles. The number of hydrogen-bond donors (Lipinski definition) is 1. The Labute approximate surface area is 123 Å². The molecule has 2 aromatic rings. The predicted octanol–water partition coefficient (Wildman–Crippen LogP) is 3.02. The van der Waals surface area contributed by atoms with Crippen LogP contribution in [0, 0.1) is 11.6 Å². The number of fused-ring (bicyclic) bond motifs is 1. The van der Waals surface area contributed by atoms with Crippen molar-refractivity contribution in [1.82, 2.24) is 4.90 Å². The average Bonchev–Trinajstić information content (AvgIpc) is 2.50. The van der Waals surface area contributed by atoms with Crippen molar-refractivity contribution in [3.8, 4) is 0 Å². The third kappa shape index (κ3) is 2.69. The fourth-order valence-corrected chi connectivity index (χ4v) is 3.06. The van der Waals surface area contributed by atoms with Crippen molar-refractivity contribution in [1.29, 1.82) is 0 Å². The maximum atomic E-state index is 13.8. The molecule has 0 radical (unpaired) electrons. The summed E-state index contributed by atoms with van der Waals surface area (Å²) in [6.07, 6.45) is 0.878. The first-order valence-electron chi connectivity index (χ1n) is 7.15. The molecule has 4 heteroatoms. The van der Waals surface area contributed by atoms with E-state index in [0.717, 1.165) is 13.0 Å². The lowest BCUT2D eigenvalue weighted by atomic mass is 9.92. The molecule has 3 rings (SSSR count). The molecule has 1 atom stereocenters. The van der Waals surface area contributed by atoms with Crippen molar-refractivity contribution in [2.75, 3.05) is 13.1 Å². The molecule has 0 aromatic heterocycles. The van der Waals surface area contributed by atoms with Crippen molar-refractivity contribution >= 4 is 0 Å². The molecule has 2 N–H and O–H groups in total. The quantitative estimate of drug-likeness (QED) is 0.940. The predicted molar refractivity (Wildman–Crippen MR) is 78.7 cm³/mol. The maximum Gasteiger partial charge on any atom is 0.130 e. The van der Waals surface area contributed by atoms with Crippen LogP contribution in [0.4, 0.5) is 8.78 Å². The largest absolute Gasteiger partial charge is 0.329 e. The molecule has 1 heterocycles. The van der Waals surface area contributed by atoms with Crippen molar-refractivity contribution < 1.29 is 8.78 Å². The van der Waals surface area contributed by atoms with Gasteiger partial charge in [-0.3, -0.25) is 4.90 Å². The van der Waals surface area contributed by atoms with Gasteiger partial charge in [0.25, 0.3) is 0 Å². The number of rotatable bonds is 3. The van der Waals surface area contributed by atoms with Crippen LogP contribution in [0.5, 0.6) is 0 Å². The number of nitrogens with two attached hydrogens (primary N) is 1. The molecule has 0 spiro atoms. The van der Waals surface area contributed by atoms with Gasteiger partial charge in [-0.2, -0.15) is 0 Å². The highest BCUT2D eigenvalue weighted by molar-refractivity contribution is 5.33. The lowest BCUT2D eigenvalue weighted by Crippen LogP contribution is -2.39. The monoisotopic (exact) mass is 288 g/mol. The summed E-state index contributed by atoms with van der Waals surface area (Å²) in [5.41, 5.74) is 8.48. The van der Waals surface area contributed by atoms with Gasteiger partial charge in [-0.25, -0.2) is 8.78 Å². The average molecular weight is 288 g/mol. The minimum absolute atomic E-state index is 0.00829. The van der Waals surface area contributed by atoms with Gasteiger partial charge in [0.1, 0.15) is 11.6 Å². The molecule has 0 fully saturated rings. The number of hydrogen-bond acceptors (Lipinski definition) is 2. The van der Waals surface area contributed by atoms with Crippen molar-refractivity contribution in [2.24, 2.45) is 5.73 Å². The molecule has 1 aliphatic rings. The van der Waals surface area contributed by atoms with Crippen LogP contribution in [-0.2, 0) is 13.0 Å². The van der Waals surface area contributed by atoms with Crippen LogP contribution in [0.15, 0.2) is 42.5 Å². The number of nitrogens with zero attached hydrogens (tertiary/aromatic N) is 1. The summed E-state index contributed by atoms with van der Waals surface area (Å²) < 4.78 is 27.7. The van der Waals surface area contributed by atoms with E-state index in [4.69, 9.17) is 5.73 Å². The minimum atomic E-state index is -0.496. The van der Waals surface area contributed by atoms with Crippen LogP contribution >= 0.6 is 0 Å². The molecule has 110 valence electrons. The first kappa shape index (κ1) is 14.2. The molecule has 1 aliphatic heterocycles. The van der Waals surface area contributed by atoms with E-state index in [1.807, 2.05) is 12.1 Å². The van der Waals surface area contributed by atoms with E-state index in [-0.39, 0.29) is 18.2 Å². The third-order valence-corrected chi connectivity index (χ3v) is 4.17. The zero-order chi connectivity index (χ0) is 14.8. The minimum Gasteiger partial charge on any atom is -0.329 e. The van der Waals surface area contributed by atoms with Gasteiger partial charge in [-0.05, 0) is 29.7 Å².